The van der Waals surface area contributed by atoms with Crippen molar-refractivity contribution < 1.29 is 20.5 Å². The topological polar surface area (TPSA) is 68.3 Å². The van der Waals surface area contributed by atoms with Gasteiger partial charge in [0.05, 0.1) is 1.37 Å². The first-order chi connectivity index (χ1) is 24.0. The lowest BCUT2D eigenvalue weighted by Crippen LogP contribution is -1.95. The summed E-state index contributed by atoms with van der Waals surface area (Å²) in [5.74, 6) is 0. The van der Waals surface area contributed by atoms with E-state index in [1.54, 1.807) is 24.3 Å². The number of hydrogen-bond acceptors (Lipinski definition) is 4. The maximum Gasteiger partial charge on any atom is 0.150 e. The van der Waals surface area contributed by atoms with Crippen molar-refractivity contribution in [2.75, 3.05) is 0 Å². The van der Waals surface area contributed by atoms with Gasteiger partial charge >= 0.3 is 0 Å². The van der Waals surface area contributed by atoms with E-state index in [0.717, 1.165) is 102 Å². The van der Waals surface area contributed by atoms with Gasteiger partial charge in [-0.1, -0.05) is 121 Å². The van der Waals surface area contributed by atoms with Crippen molar-refractivity contribution in [3.05, 3.63) is 156 Å². The van der Waals surface area contributed by atoms with Crippen LogP contribution in [0.4, 0.5) is 0 Å². The predicted octanol–water partition coefficient (Wildman–Crippen LogP) is 10.5. The monoisotopic (exact) mass is 619 g/mol. The maximum atomic E-state index is 11.5. The van der Waals surface area contributed by atoms with Gasteiger partial charge in [0, 0.05) is 22.3 Å². The largest absolute Gasteiger partial charge is 0.298 e. The van der Waals surface area contributed by atoms with Crippen LogP contribution in [-0.2, 0) is 0 Å². The number of rotatable bonds is 8. The quantitative estimate of drug-likeness (QED) is 0.125. The molecule has 8 aromatic rings. The molecule has 0 heterocycles. The fourth-order valence-electron chi connectivity index (χ4n) is 6.79. The Balaban J connectivity index is 1.55. The maximum absolute atomic E-state index is 11.5. The highest BCUT2D eigenvalue weighted by Crippen LogP contribution is 2.48. The third kappa shape index (κ3) is 4.70. The average molecular weight is 620 g/mol. The highest BCUT2D eigenvalue weighted by molar-refractivity contribution is 6.32. The predicted molar refractivity (Wildman–Crippen MR) is 193 cm³/mol. The molecule has 4 heteroatoms. The molecule has 0 aliphatic heterocycles. The molecule has 0 unspecified atom stereocenters. The minimum absolute atomic E-state index is 0.345. The van der Waals surface area contributed by atoms with Gasteiger partial charge in [-0.3, -0.25) is 19.2 Å². The molecule has 0 aliphatic rings. The van der Waals surface area contributed by atoms with Gasteiger partial charge in [0.1, 0.15) is 25.1 Å². The van der Waals surface area contributed by atoms with E-state index in [4.69, 9.17) is 0 Å². The summed E-state index contributed by atoms with van der Waals surface area (Å²) in [6.07, 6.45) is 3.28. The zero-order valence-corrected chi connectivity index (χ0v) is 25.6. The lowest BCUT2D eigenvalue weighted by atomic mass is 9.82. The molecule has 0 aliphatic carbocycles. The molecule has 0 saturated carbocycles. The van der Waals surface area contributed by atoms with E-state index in [9.17, 15) is 20.5 Å². The molecule has 0 N–H and O–H groups in total. The standard InChI is InChI=1S/C44H26O4/c45-23-27-1-9-31(10-2-27)39-21-40(32-11-3-28(24-46)4-12-32)36-19-20-38-42(34-15-7-30(26-48)8-16-34)22-41(33-13-5-29(25-47)6-14-33)37-18-17-35(39)43(36)44(37)38/h1-26H/i21D. The summed E-state index contributed by atoms with van der Waals surface area (Å²) < 4.78 is 9.67. The van der Waals surface area contributed by atoms with Gasteiger partial charge < -0.3 is 0 Å². The fourth-order valence-corrected chi connectivity index (χ4v) is 6.79. The molecule has 0 amide bonds. The Labute approximate surface area is 277 Å². The summed E-state index contributed by atoms with van der Waals surface area (Å²) in [4.78, 5) is 46.1. The molecule has 0 fully saturated rings. The Bertz CT molecular complexity index is 2410. The summed E-state index contributed by atoms with van der Waals surface area (Å²) in [5, 5.41) is 5.86. The van der Waals surface area contributed by atoms with Crippen molar-refractivity contribution in [1.29, 1.82) is 0 Å². The summed E-state index contributed by atoms with van der Waals surface area (Å²) in [5.41, 5.74) is 9.25. The van der Waals surface area contributed by atoms with Crippen LogP contribution in [0.1, 0.15) is 42.8 Å². The summed E-state index contributed by atoms with van der Waals surface area (Å²) in [7, 11) is 0. The summed E-state index contributed by atoms with van der Waals surface area (Å²) in [6.45, 7) is 0. The van der Waals surface area contributed by atoms with E-state index >= 15 is 0 Å². The van der Waals surface area contributed by atoms with Crippen LogP contribution in [0.3, 0.4) is 0 Å². The van der Waals surface area contributed by atoms with Crippen molar-refractivity contribution in [1.82, 2.24) is 0 Å². The number of carbonyl (C=O) groups excluding carboxylic acids is 4. The first kappa shape index (κ1) is 27.8. The van der Waals surface area contributed by atoms with Crippen LogP contribution >= 0.6 is 0 Å². The molecule has 4 nitrogen and oxygen atoms in total. The Morgan fingerprint density at radius 1 is 0.333 bits per heavy atom. The second-order valence-corrected chi connectivity index (χ2v) is 11.9. The molecule has 8 aromatic carbocycles. The van der Waals surface area contributed by atoms with Crippen molar-refractivity contribution in [2.45, 2.75) is 0 Å². The van der Waals surface area contributed by atoms with Gasteiger partial charge in [0.25, 0.3) is 0 Å². The Morgan fingerprint density at radius 2 is 0.583 bits per heavy atom. The van der Waals surface area contributed by atoms with Crippen LogP contribution in [0.15, 0.2) is 133 Å². The zero-order chi connectivity index (χ0) is 33.6. The number of carbonyl (C=O) groups is 4. The second kappa shape index (κ2) is 11.7. The van der Waals surface area contributed by atoms with E-state index in [2.05, 4.69) is 30.3 Å². The molecule has 48 heavy (non-hydrogen) atoms. The first-order valence-corrected chi connectivity index (χ1v) is 15.5. The van der Waals surface area contributed by atoms with E-state index in [0.29, 0.717) is 28.3 Å². The first-order valence-electron chi connectivity index (χ1n) is 16.0. The second-order valence-electron chi connectivity index (χ2n) is 11.9. The van der Waals surface area contributed by atoms with Crippen LogP contribution in [-0.4, -0.2) is 25.1 Å². The van der Waals surface area contributed by atoms with Gasteiger partial charge in [0.2, 0.25) is 0 Å². The van der Waals surface area contributed by atoms with Gasteiger partial charge in [-0.2, -0.15) is 0 Å². The summed E-state index contributed by atoms with van der Waals surface area (Å²) >= 11 is 0. The van der Waals surface area contributed by atoms with Crippen LogP contribution in [0.5, 0.6) is 0 Å². The zero-order valence-electron chi connectivity index (χ0n) is 26.6. The number of aldehydes is 4. The number of benzene rings is 8. The molecule has 0 radical (unpaired) electrons. The number of hydrogen-bond donors (Lipinski definition) is 0. The van der Waals surface area contributed by atoms with Crippen molar-refractivity contribution in [3.8, 4) is 44.5 Å². The average Bonchev–Trinajstić information content (AvgIpc) is 3.17. The van der Waals surface area contributed by atoms with E-state index < -0.39 is 0 Å². The van der Waals surface area contributed by atoms with Gasteiger partial charge in [0.15, 0.2) is 0 Å². The highest BCUT2D eigenvalue weighted by atomic mass is 16.1. The van der Waals surface area contributed by atoms with Gasteiger partial charge in [-0.05, 0) is 88.9 Å². The van der Waals surface area contributed by atoms with Crippen LogP contribution in [0.2, 0.25) is 0 Å². The van der Waals surface area contributed by atoms with Crippen LogP contribution in [0, 0.1) is 0 Å². The molecule has 0 aromatic heterocycles. The molecular weight excluding hydrogens is 592 g/mol. The lowest BCUT2D eigenvalue weighted by Gasteiger charge is -2.21. The summed E-state index contributed by atoms with van der Waals surface area (Å²) in [6, 6.07) is 40.5. The molecule has 8 rings (SSSR count). The van der Waals surface area contributed by atoms with E-state index in [-0.39, 0.29) is 0 Å². The fraction of sp³-hybridized carbons (Fsp3) is 0. The Morgan fingerprint density at radius 3 is 0.854 bits per heavy atom. The molecule has 0 bridgehead atoms. The molecule has 226 valence electrons. The third-order valence-electron chi connectivity index (χ3n) is 9.20. The van der Waals surface area contributed by atoms with Crippen molar-refractivity contribution in [2.24, 2.45) is 0 Å². The van der Waals surface area contributed by atoms with Gasteiger partial charge in [-0.25, -0.2) is 0 Å². The minimum Gasteiger partial charge on any atom is -0.298 e. The van der Waals surface area contributed by atoms with E-state index in [1.165, 1.54) is 0 Å². The Hall–Kier alpha value is -6.52. The molecule has 0 spiro atoms. The highest BCUT2D eigenvalue weighted by Gasteiger charge is 2.21. The van der Waals surface area contributed by atoms with Gasteiger partial charge in [-0.15, -0.1) is 0 Å². The minimum atomic E-state index is 0.345. The normalized spacial score (nSPS) is 11.5. The molecule has 0 atom stereocenters. The molecular formula is C44H26O4. The Kier molecular flexibility index (Phi) is 6.76. The molecule has 0 saturated heterocycles. The lowest BCUT2D eigenvalue weighted by molar-refractivity contribution is 0.111. The van der Waals surface area contributed by atoms with Crippen LogP contribution < -0.4 is 0 Å². The van der Waals surface area contributed by atoms with Crippen LogP contribution in [0.25, 0.3) is 76.8 Å². The smallest absolute Gasteiger partial charge is 0.150 e. The SMILES string of the molecule is [2H]c1c(-c2ccc(C=O)cc2)c2ccc3c(-c4ccc(C=O)cc4)cc(-c4ccc(C=O)cc4)c4ccc(c1-c1ccc(C=O)cc1)c2c34. The third-order valence-corrected chi connectivity index (χ3v) is 9.20. The van der Waals surface area contributed by atoms with Crippen molar-refractivity contribution >= 4 is 57.5 Å². The van der Waals surface area contributed by atoms with E-state index in [1.807, 2.05) is 72.8 Å². The van der Waals surface area contributed by atoms with Crippen molar-refractivity contribution in [3.63, 3.8) is 0 Å².